The molecule has 0 bridgehead atoms. The molecule has 180 valence electrons. The average molecular weight is 481 g/mol. The minimum absolute atomic E-state index is 0.146. The van der Waals surface area contributed by atoms with Crippen LogP contribution >= 0.6 is 0 Å². The van der Waals surface area contributed by atoms with E-state index in [0.29, 0.717) is 23.5 Å². The first-order valence-corrected chi connectivity index (χ1v) is 13.0. The number of benzene rings is 3. The molecule has 3 aromatic carbocycles. The van der Waals surface area contributed by atoms with E-state index >= 15 is 0 Å². The van der Waals surface area contributed by atoms with Gasteiger partial charge in [0.1, 0.15) is 5.75 Å². The van der Waals surface area contributed by atoms with E-state index in [2.05, 4.69) is 12.2 Å². The Kier molecular flexibility index (Phi) is 9.10. The molecule has 0 unspecified atom stereocenters. The van der Waals surface area contributed by atoms with Gasteiger partial charge in [0, 0.05) is 18.3 Å². The van der Waals surface area contributed by atoms with Crippen LogP contribution < -0.4 is 14.4 Å². The molecule has 0 heterocycles. The highest BCUT2D eigenvalue weighted by atomic mass is 32.2. The molecular formula is C27H32N2O4S. The van der Waals surface area contributed by atoms with Crippen LogP contribution in [0.5, 0.6) is 5.75 Å². The van der Waals surface area contributed by atoms with Gasteiger partial charge in [0.15, 0.2) is 0 Å². The number of anilines is 2. The molecule has 1 amide bonds. The van der Waals surface area contributed by atoms with Crippen LogP contribution in [0.3, 0.4) is 0 Å². The Labute approximate surface area is 202 Å². The number of hydrogen-bond donors (Lipinski definition) is 1. The van der Waals surface area contributed by atoms with Crippen molar-refractivity contribution >= 4 is 27.3 Å². The van der Waals surface area contributed by atoms with Gasteiger partial charge in [0.25, 0.3) is 15.9 Å². The monoisotopic (exact) mass is 480 g/mol. The number of para-hydroxylation sites is 1. The van der Waals surface area contributed by atoms with Crippen LogP contribution in [0.2, 0.25) is 0 Å². The van der Waals surface area contributed by atoms with Gasteiger partial charge in [0.2, 0.25) is 0 Å². The second-order valence-electron chi connectivity index (χ2n) is 8.07. The largest absolute Gasteiger partial charge is 0.494 e. The van der Waals surface area contributed by atoms with Crippen molar-refractivity contribution in [2.75, 3.05) is 23.3 Å². The molecule has 0 aliphatic rings. The lowest BCUT2D eigenvalue weighted by atomic mass is 10.1. The Balaban J connectivity index is 1.55. The fraction of sp³-hybridized carbons (Fsp3) is 0.296. The number of nitrogens with zero attached hydrogens (tertiary/aromatic N) is 1. The minimum Gasteiger partial charge on any atom is -0.494 e. The molecule has 0 aromatic heterocycles. The highest BCUT2D eigenvalue weighted by Gasteiger charge is 2.21. The second kappa shape index (κ2) is 12.2. The molecule has 0 saturated carbocycles. The lowest BCUT2D eigenvalue weighted by Gasteiger charge is -2.19. The number of rotatable bonds is 12. The van der Waals surface area contributed by atoms with Crippen molar-refractivity contribution in [3.8, 4) is 5.75 Å². The van der Waals surface area contributed by atoms with E-state index in [-0.39, 0.29) is 10.8 Å². The summed E-state index contributed by atoms with van der Waals surface area (Å²) in [5.74, 6) is 0.465. The normalized spacial score (nSPS) is 11.1. The topological polar surface area (TPSA) is 75.7 Å². The van der Waals surface area contributed by atoms with Gasteiger partial charge in [-0.3, -0.25) is 9.10 Å². The van der Waals surface area contributed by atoms with Gasteiger partial charge >= 0.3 is 0 Å². The standard InChI is InChI=1S/C27H32N2O4S/c1-3-4-5-6-10-21-33-25-17-13-22(14-18-25)27(30)28-23-15-19-26(20-16-23)34(31,32)29(2)24-11-8-7-9-12-24/h7-9,11-20H,3-6,10,21H2,1-2H3,(H,28,30). The summed E-state index contributed by atoms with van der Waals surface area (Å²) in [6, 6.07) is 22.0. The van der Waals surface area contributed by atoms with E-state index in [1.54, 1.807) is 60.7 Å². The molecular weight excluding hydrogens is 448 g/mol. The van der Waals surface area contributed by atoms with Crippen molar-refractivity contribution in [1.29, 1.82) is 0 Å². The highest BCUT2D eigenvalue weighted by Crippen LogP contribution is 2.23. The molecule has 1 N–H and O–H groups in total. The van der Waals surface area contributed by atoms with E-state index in [1.807, 2.05) is 6.07 Å². The summed E-state index contributed by atoms with van der Waals surface area (Å²) in [5.41, 5.74) is 1.58. The van der Waals surface area contributed by atoms with Crippen LogP contribution in [-0.4, -0.2) is 28.0 Å². The molecule has 3 aromatic rings. The minimum atomic E-state index is -3.70. The molecule has 6 nitrogen and oxygen atoms in total. The maximum atomic E-state index is 12.9. The van der Waals surface area contributed by atoms with E-state index in [0.717, 1.165) is 18.6 Å². The average Bonchev–Trinajstić information content (AvgIpc) is 2.87. The lowest BCUT2D eigenvalue weighted by Crippen LogP contribution is -2.26. The van der Waals surface area contributed by atoms with Gasteiger partial charge in [-0.05, 0) is 67.1 Å². The van der Waals surface area contributed by atoms with Crippen LogP contribution in [0.25, 0.3) is 0 Å². The van der Waals surface area contributed by atoms with Crippen molar-refractivity contribution in [2.45, 2.75) is 43.9 Å². The Morgan fingerprint density at radius 3 is 2.15 bits per heavy atom. The maximum Gasteiger partial charge on any atom is 0.264 e. The van der Waals surface area contributed by atoms with E-state index < -0.39 is 10.0 Å². The molecule has 34 heavy (non-hydrogen) atoms. The van der Waals surface area contributed by atoms with E-state index in [1.165, 1.54) is 42.7 Å². The summed E-state index contributed by atoms with van der Waals surface area (Å²) in [7, 11) is -2.19. The van der Waals surface area contributed by atoms with Crippen molar-refractivity contribution < 1.29 is 17.9 Å². The predicted molar refractivity (Wildman–Crippen MR) is 137 cm³/mol. The number of hydrogen-bond acceptors (Lipinski definition) is 4. The number of carbonyl (C=O) groups is 1. The first-order valence-electron chi connectivity index (χ1n) is 11.6. The van der Waals surface area contributed by atoms with Gasteiger partial charge in [-0.2, -0.15) is 0 Å². The summed E-state index contributed by atoms with van der Waals surface area (Å²) in [6.45, 7) is 2.86. The van der Waals surface area contributed by atoms with Gasteiger partial charge in [-0.25, -0.2) is 8.42 Å². The first-order chi connectivity index (χ1) is 16.4. The third kappa shape index (κ3) is 6.84. The molecule has 0 spiro atoms. The van der Waals surface area contributed by atoms with Crippen LogP contribution in [0.4, 0.5) is 11.4 Å². The van der Waals surface area contributed by atoms with Crippen LogP contribution in [-0.2, 0) is 10.0 Å². The maximum absolute atomic E-state index is 12.9. The predicted octanol–water partition coefficient (Wildman–Crippen LogP) is 6.11. The molecule has 0 aliphatic heterocycles. The zero-order valence-electron chi connectivity index (χ0n) is 19.7. The fourth-order valence-electron chi connectivity index (χ4n) is 3.45. The number of carbonyl (C=O) groups excluding carboxylic acids is 1. The van der Waals surface area contributed by atoms with Gasteiger partial charge < -0.3 is 10.1 Å². The Bertz CT molecular complexity index is 1150. The Morgan fingerprint density at radius 1 is 0.853 bits per heavy atom. The lowest BCUT2D eigenvalue weighted by molar-refractivity contribution is 0.102. The number of amides is 1. The van der Waals surface area contributed by atoms with Gasteiger partial charge in [-0.1, -0.05) is 50.8 Å². The number of unbranched alkanes of at least 4 members (excludes halogenated alkanes) is 4. The molecule has 0 atom stereocenters. The summed E-state index contributed by atoms with van der Waals surface area (Å²) in [4.78, 5) is 12.7. The number of sulfonamides is 1. The Hall–Kier alpha value is -3.32. The van der Waals surface area contributed by atoms with Gasteiger partial charge in [0.05, 0.1) is 17.2 Å². The van der Waals surface area contributed by atoms with Crippen molar-refractivity contribution in [1.82, 2.24) is 0 Å². The molecule has 0 aliphatic carbocycles. The number of ether oxygens (including phenoxy) is 1. The van der Waals surface area contributed by atoms with E-state index in [9.17, 15) is 13.2 Å². The number of nitrogens with one attached hydrogen (secondary N) is 1. The molecule has 0 radical (unpaired) electrons. The molecule has 3 rings (SSSR count). The van der Waals surface area contributed by atoms with Crippen LogP contribution in [0.15, 0.2) is 83.8 Å². The Morgan fingerprint density at radius 2 is 1.50 bits per heavy atom. The zero-order valence-corrected chi connectivity index (χ0v) is 20.6. The molecule has 7 heteroatoms. The zero-order chi connectivity index (χ0) is 24.4. The molecule has 0 fully saturated rings. The second-order valence-corrected chi connectivity index (χ2v) is 10.0. The third-order valence-corrected chi connectivity index (χ3v) is 7.32. The summed E-state index contributed by atoms with van der Waals surface area (Å²) in [5, 5.41) is 2.80. The van der Waals surface area contributed by atoms with Crippen molar-refractivity contribution in [3.05, 3.63) is 84.4 Å². The van der Waals surface area contributed by atoms with Crippen molar-refractivity contribution in [3.63, 3.8) is 0 Å². The molecule has 0 saturated heterocycles. The van der Waals surface area contributed by atoms with Crippen LogP contribution in [0.1, 0.15) is 49.4 Å². The van der Waals surface area contributed by atoms with Crippen LogP contribution in [0, 0.1) is 0 Å². The highest BCUT2D eigenvalue weighted by molar-refractivity contribution is 7.92. The summed E-state index contributed by atoms with van der Waals surface area (Å²) in [6.07, 6.45) is 5.90. The van der Waals surface area contributed by atoms with Gasteiger partial charge in [-0.15, -0.1) is 0 Å². The summed E-state index contributed by atoms with van der Waals surface area (Å²) >= 11 is 0. The van der Waals surface area contributed by atoms with E-state index in [4.69, 9.17) is 4.74 Å². The smallest absolute Gasteiger partial charge is 0.264 e. The summed E-state index contributed by atoms with van der Waals surface area (Å²) < 4.78 is 32.7. The fourth-order valence-corrected chi connectivity index (χ4v) is 4.64. The van der Waals surface area contributed by atoms with Crippen molar-refractivity contribution in [2.24, 2.45) is 0 Å². The quantitative estimate of drug-likeness (QED) is 0.317. The third-order valence-electron chi connectivity index (χ3n) is 5.52. The first kappa shape index (κ1) is 25.3. The SMILES string of the molecule is CCCCCCCOc1ccc(C(=O)Nc2ccc(S(=O)(=O)N(C)c3ccccc3)cc2)cc1.